The van der Waals surface area contributed by atoms with Crippen molar-refractivity contribution in [3.8, 4) is 11.5 Å². The van der Waals surface area contributed by atoms with Crippen LogP contribution < -0.4 is 15.1 Å². The first-order valence-corrected chi connectivity index (χ1v) is 7.69. The summed E-state index contributed by atoms with van der Waals surface area (Å²) < 4.78 is 15.9. The fourth-order valence-electron chi connectivity index (χ4n) is 2.26. The molecule has 0 saturated carbocycles. The summed E-state index contributed by atoms with van der Waals surface area (Å²) in [6.07, 6.45) is 0. The van der Waals surface area contributed by atoms with Crippen LogP contribution in [0.5, 0.6) is 11.5 Å². The number of fused-ring (bicyclic) bond motifs is 1. The average molecular weight is 361 g/mol. The minimum Gasteiger partial charge on any atom is -0.489 e. The van der Waals surface area contributed by atoms with Crippen LogP contribution in [0.4, 0.5) is 0 Å². The van der Waals surface area contributed by atoms with E-state index >= 15 is 0 Å². The highest BCUT2D eigenvalue weighted by molar-refractivity contribution is 6.30. The number of aliphatic carboxylic acids is 1. The molecule has 25 heavy (non-hydrogen) atoms. The number of carbonyl (C=O) groups is 1. The highest BCUT2D eigenvalue weighted by atomic mass is 35.5. The Kier molecular flexibility index (Phi) is 4.90. The van der Waals surface area contributed by atoms with E-state index in [1.807, 2.05) is 12.1 Å². The zero-order valence-electron chi connectivity index (χ0n) is 12.9. The summed E-state index contributed by atoms with van der Waals surface area (Å²) in [4.78, 5) is 22.3. The average Bonchev–Trinajstić information content (AvgIpc) is 2.57. The lowest BCUT2D eigenvalue weighted by Crippen LogP contribution is -2.11. The Morgan fingerprint density at radius 1 is 1.12 bits per heavy atom. The van der Waals surface area contributed by atoms with Crippen LogP contribution in [-0.2, 0) is 11.4 Å². The van der Waals surface area contributed by atoms with E-state index in [1.165, 1.54) is 0 Å². The molecule has 0 bridgehead atoms. The molecule has 1 aromatic heterocycles. The van der Waals surface area contributed by atoms with Crippen LogP contribution in [0.3, 0.4) is 0 Å². The van der Waals surface area contributed by atoms with Crippen molar-refractivity contribution in [3.63, 3.8) is 0 Å². The minimum atomic E-state index is -1.14. The maximum atomic E-state index is 11.6. The molecule has 1 N–H and O–H groups in total. The van der Waals surface area contributed by atoms with Crippen LogP contribution in [0.15, 0.2) is 57.7 Å². The third-order valence-electron chi connectivity index (χ3n) is 3.32. The topological polar surface area (TPSA) is 86.0 Å². The summed E-state index contributed by atoms with van der Waals surface area (Å²) in [5, 5.41) is 9.80. The van der Waals surface area contributed by atoms with Crippen LogP contribution in [0.25, 0.3) is 11.0 Å². The molecule has 6 nitrogen and oxygen atoms in total. The summed E-state index contributed by atoms with van der Waals surface area (Å²) in [5.41, 5.74) is 0.504. The van der Waals surface area contributed by atoms with Gasteiger partial charge in [-0.15, -0.1) is 0 Å². The number of benzene rings is 2. The van der Waals surface area contributed by atoms with E-state index in [0.29, 0.717) is 22.8 Å². The molecule has 128 valence electrons. The van der Waals surface area contributed by atoms with Gasteiger partial charge in [-0.3, -0.25) is 0 Å². The van der Waals surface area contributed by atoms with Gasteiger partial charge in [-0.1, -0.05) is 23.7 Å². The Balaban J connectivity index is 1.84. The van der Waals surface area contributed by atoms with Crippen LogP contribution in [0.1, 0.15) is 5.56 Å². The standard InChI is InChI=1S/C18H13ClO6/c19-12-3-1-2-11(6-12)9-23-13-4-5-14-15(24-10-17(20)21)8-18(22)25-16(14)7-13/h1-8H,9-10H2,(H,20,21). The van der Waals surface area contributed by atoms with Gasteiger partial charge in [-0.25, -0.2) is 9.59 Å². The van der Waals surface area contributed by atoms with Crippen molar-refractivity contribution in [2.75, 3.05) is 6.61 Å². The normalized spacial score (nSPS) is 10.6. The quantitative estimate of drug-likeness (QED) is 0.677. The van der Waals surface area contributed by atoms with Crippen molar-refractivity contribution in [1.29, 1.82) is 0 Å². The van der Waals surface area contributed by atoms with Crippen molar-refractivity contribution in [2.24, 2.45) is 0 Å². The molecule has 0 aliphatic rings. The van der Waals surface area contributed by atoms with Gasteiger partial charge in [0.05, 0.1) is 11.5 Å². The van der Waals surface area contributed by atoms with Crippen molar-refractivity contribution < 1.29 is 23.8 Å². The van der Waals surface area contributed by atoms with Gasteiger partial charge in [0.25, 0.3) is 0 Å². The van der Waals surface area contributed by atoms with Gasteiger partial charge in [0.1, 0.15) is 23.7 Å². The highest BCUT2D eigenvalue weighted by Gasteiger charge is 2.10. The Hall–Kier alpha value is -2.99. The Morgan fingerprint density at radius 3 is 2.72 bits per heavy atom. The molecule has 0 fully saturated rings. The van der Waals surface area contributed by atoms with Crippen molar-refractivity contribution in [3.05, 3.63) is 69.5 Å². The number of hydrogen-bond donors (Lipinski definition) is 1. The van der Waals surface area contributed by atoms with E-state index < -0.39 is 18.2 Å². The molecule has 0 saturated heterocycles. The molecule has 3 rings (SSSR count). The number of ether oxygens (including phenoxy) is 2. The Morgan fingerprint density at radius 2 is 1.96 bits per heavy atom. The first kappa shape index (κ1) is 16.9. The molecular formula is C18H13ClO6. The van der Waals surface area contributed by atoms with E-state index in [0.717, 1.165) is 11.6 Å². The molecule has 0 atom stereocenters. The molecule has 1 heterocycles. The molecule has 2 aromatic carbocycles. The largest absolute Gasteiger partial charge is 0.489 e. The fraction of sp³-hybridized carbons (Fsp3) is 0.111. The number of halogens is 1. The lowest BCUT2D eigenvalue weighted by Gasteiger charge is -2.09. The van der Waals surface area contributed by atoms with E-state index in [9.17, 15) is 9.59 Å². The van der Waals surface area contributed by atoms with Crippen LogP contribution in [0.2, 0.25) is 5.02 Å². The zero-order chi connectivity index (χ0) is 17.8. The van der Waals surface area contributed by atoms with Gasteiger partial charge < -0.3 is 19.0 Å². The molecule has 7 heteroatoms. The highest BCUT2D eigenvalue weighted by Crippen LogP contribution is 2.27. The van der Waals surface area contributed by atoms with Gasteiger partial charge in [0, 0.05) is 11.1 Å². The van der Waals surface area contributed by atoms with E-state index in [4.69, 9.17) is 30.6 Å². The molecule has 0 aliphatic heterocycles. The molecule has 3 aromatic rings. The van der Waals surface area contributed by atoms with E-state index in [-0.39, 0.29) is 11.3 Å². The summed E-state index contributed by atoms with van der Waals surface area (Å²) in [7, 11) is 0. The number of hydrogen-bond acceptors (Lipinski definition) is 5. The van der Waals surface area contributed by atoms with Gasteiger partial charge in [0.2, 0.25) is 0 Å². The van der Waals surface area contributed by atoms with Crippen molar-refractivity contribution in [1.82, 2.24) is 0 Å². The van der Waals surface area contributed by atoms with Crippen LogP contribution >= 0.6 is 11.6 Å². The first-order valence-electron chi connectivity index (χ1n) is 7.31. The molecule has 0 aliphatic carbocycles. The molecular weight excluding hydrogens is 348 g/mol. The molecule has 0 unspecified atom stereocenters. The second-order valence-corrected chi connectivity index (χ2v) is 5.63. The SMILES string of the molecule is O=C(O)COc1cc(=O)oc2cc(OCc3cccc(Cl)c3)ccc12. The second kappa shape index (κ2) is 7.27. The Labute approximate surface area is 147 Å². The zero-order valence-corrected chi connectivity index (χ0v) is 13.7. The maximum absolute atomic E-state index is 11.6. The molecule has 0 spiro atoms. The maximum Gasteiger partial charge on any atom is 0.341 e. The van der Waals surface area contributed by atoms with Crippen molar-refractivity contribution in [2.45, 2.75) is 6.61 Å². The second-order valence-electron chi connectivity index (χ2n) is 5.19. The summed E-state index contributed by atoms with van der Waals surface area (Å²) >= 11 is 5.93. The minimum absolute atomic E-state index is 0.148. The first-order chi connectivity index (χ1) is 12.0. The van der Waals surface area contributed by atoms with Crippen molar-refractivity contribution >= 4 is 28.5 Å². The van der Waals surface area contributed by atoms with Gasteiger partial charge in [0.15, 0.2) is 6.61 Å². The fourth-order valence-corrected chi connectivity index (χ4v) is 2.47. The lowest BCUT2D eigenvalue weighted by molar-refractivity contribution is -0.139. The van der Waals surface area contributed by atoms with E-state index in [1.54, 1.807) is 30.3 Å². The number of rotatable bonds is 6. The molecule has 0 amide bonds. The van der Waals surface area contributed by atoms with Gasteiger partial charge >= 0.3 is 11.6 Å². The molecule has 0 radical (unpaired) electrons. The van der Waals surface area contributed by atoms with Crippen LogP contribution in [-0.4, -0.2) is 17.7 Å². The van der Waals surface area contributed by atoms with Crippen LogP contribution in [0, 0.1) is 0 Å². The lowest BCUT2D eigenvalue weighted by atomic mass is 10.2. The summed E-state index contributed by atoms with van der Waals surface area (Å²) in [6.45, 7) is -0.253. The predicted octanol–water partition coefficient (Wildman–Crippen LogP) is 3.49. The summed E-state index contributed by atoms with van der Waals surface area (Å²) in [5.74, 6) is -0.496. The van der Waals surface area contributed by atoms with E-state index in [2.05, 4.69) is 0 Å². The third-order valence-corrected chi connectivity index (χ3v) is 3.56. The monoisotopic (exact) mass is 360 g/mol. The van der Waals surface area contributed by atoms with Gasteiger partial charge in [-0.2, -0.15) is 0 Å². The Bertz CT molecular complexity index is 979. The summed E-state index contributed by atoms with van der Waals surface area (Å²) in [6, 6.07) is 13.3. The van der Waals surface area contributed by atoms with Gasteiger partial charge in [-0.05, 0) is 29.8 Å². The number of carboxylic acid groups (broad SMARTS) is 1. The predicted molar refractivity (Wildman–Crippen MR) is 91.4 cm³/mol. The third kappa shape index (κ3) is 4.30. The number of carboxylic acids is 1. The smallest absolute Gasteiger partial charge is 0.341 e.